The van der Waals surface area contributed by atoms with Crippen LogP contribution in [0.1, 0.15) is 69.2 Å². The van der Waals surface area contributed by atoms with Gasteiger partial charge in [-0.25, -0.2) is 0 Å². The highest BCUT2D eigenvalue weighted by atomic mass is 28.5. The van der Waals surface area contributed by atoms with E-state index in [1.165, 1.54) is 0 Å². The molecule has 0 saturated carbocycles. The van der Waals surface area contributed by atoms with E-state index < -0.39 is 45.2 Å². The molecule has 0 unspecified atom stereocenters. The van der Waals surface area contributed by atoms with Gasteiger partial charge in [-0.05, 0) is 69.2 Å². The van der Waals surface area contributed by atoms with Crippen molar-refractivity contribution in [2.75, 3.05) is 66.1 Å². The molecule has 0 rings (SSSR count). The molecule has 0 aromatic rings. The van der Waals surface area contributed by atoms with E-state index in [1.54, 1.807) is 69.2 Å². The summed E-state index contributed by atoms with van der Waals surface area (Å²) in [4.78, 5) is 21.0. The zero-order valence-electron chi connectivity index (χ0n) is 26.2. The average molecular weight is 689 g/mol. The topological polar surface area (TPSA) is 170 Å². The fourth-order valence-corrected chi connectivity index (χ4v) is 17.6. The molecule has 0 aromatic carbocycles. The van der Waals surface area contributed by atoms with E-state index in [9.17, 15) is 9.59 Å². The molecule has 0 bridgehead atoms. The van der Waals surface area contributed by atoms with Gasteiger partial charge >= 0.3 is 45.2 Å². The molecular weight excluding hydrogens is 637 g/mol. The van der Waals surface area contributed by atoms with Gasteiger partial charge < -0.3 is 70.3 Å². The molecule has 0 heterocycles. The number of hydrogen-bond donors (Lipinski definition) is 2. The third kappa shape index (κ3) is 14.4. The molecule has 0 amide bonds. The van der Waals surface area contributed by atoms with Gasteiger partial charge in [-0.1, -0.05) is 0 Å². The minimum atomic E-state index is -4.81. The van der Waals surface area contributed by atoms with Crippen molar-refractivity contribution in [2.24, 2.45) is 0 Å². The fraction of sp³-hybridized carbons (Fsp3) is 1.00. The smallest absolute Gasteiger partial charge is 0.368 e. The van der Waals surface area contributed by atoms with E-state index in [1.807, 2.05) is 0 Å². The molecule has 0 spiro atoms. The quantitative estimate of drug-likeness (QED) is 0.114. The Morgan fingerprint density at radius 1 is 0.293 bits per heavy atom. The van der Waals surface area contributed by atoms with E-state index in [-0.39, 0.29) is 66.1 Å². The predicted molar refractivity (Wildman–Crippen MR) is 154 cm³/mol. The Hall–Kier alpha value is 0.444. The van der Waals surface area contributed by atoms with Crippen LogP contribution in [0.5, 0.6) is 0 Å². The maximum absolute atomic E-state index is 10.5. The summed E-state index contributed by atoms with van der Waals surface area (Å²) in [5, 5.41) is 0. The minimum Gasteiger partial charge on any atom is -0.368 e. The van der Waals surface area contributed by atoms with Crippen LogP contribution >= 0.6 is 0 Å². The van der Waals surface area contributed by atoms with Crippen molar-refractivity contribution >= 4 is 45.2 Å². The summed E-state index contributed by atoms with van der Waals surface area (Å²) in [5.41, 5.74) is 0. The van der Waals surface area contributed by atoms with Crippen molar-refractivity contribution < 1.29 is 70.3 Å². The van der Waals surface area contributed by atoms with Gasteiger partial charge in [-0.3, -0.25) is 0 Å². The highest BCUT2D eigenvalue weighted by molar-refractivity contribution is 6.79. The van der Waals surface area contributed by atoms with E-state index in [4.69, 9.17) is 60.7 Å². The van der Waals surface area contributed by atoms with Gasteiger partial charge in [0.1, 0.15) is 0 Å². The maximum atomic E-state index is 10.5. The van der Waals surface area contributed by atoms with Crippen LogP contribution in [0.15, 0.2) is 0 Å². The molecule has 0 aromatic heterocycles. The summed E-state index contributed by atoms with van der Waals surface area (Å²) in [6.07, 6.45) is 0. The summed E-state index contributed by atoms with van der Waals surface area (Å²) in [5.74, 6) is 0. The lowest BCUT2D eigenvalue weighted by Gasteiger charge is -2.41. The Kier molecular flexibility index (Phi) is 21.5. The molecule has 0 aliphatic heterocycles. The van der Waals surface area contributed by atoms with E-state index in [0.717, 1.165) is 0 Å². The van der Waals surface area contributed by atoms with Crippen molar-refractivity contribution in [1.82, 2.24) is 0 Å². The van der Waals surface area contributed by atoms with Crippen molar-refractivity contribution in [3.05, 3.63) is 0 Å². The molecule has 0 aliphatic carbocycles. The molecule has 16 nitrogen and oxygen atoms in total. The summed E-state index contributed by atoms with van der Waals surface area (Å²) >= 11 is 0. The molecule has 2 N–H and O–H groups in total. The van der Waals surface area contributed by atoms with Crippen molar-refractivity contribution in [2.45, 2.75) is 69.2 Å². The van der Waals surface area contributed by atoms with Crippen LogP contribution < -0.4 is 0 Å². The Morgan fingerprint density at radius 2 is 0.488 bits per heavy atom. The second kappa shape index (κ2) is 21.2. The molecule has 0 fully saturated rings. The summed E-state index contributed by atoms with van der Waals surface area (Å²) in [6.45, 7) is 17.7. The van der Waals surface area contributed by atoms with Gasteiger partial charge in [0.25, 0.3) is 0 Å². The largest absolute Gasteiger partial charge is 0.673 e. The molecular formula is C20H52O16Si5. The van der Waals surface area contributed by atoms with Crippen molar-refractivity contribution in [3.63, 3.8) is 0 Å². The van der Waals surface area contributed by atoms with Crippen LogP contribution in [0.25, 0.3) is 0 Å². The minimum absolute atomic E-state index is 0.00338. The second-order valence-electron chi connectivity index (χ2n) is 7.29. The van der Waals surface area contributed by atoms with E-state index in [0.29, 0.717) is 0 Å². The van der Waals surface area contributed by atoms with E-state index in [2.05, 4.69) is 0 Å². The third-order valence-corrected chi connectivity index (χ3v) is 18.7. The lowest BCUT2D eigenvalue weighted by atomic mass is 10.9. The molecule has 0 aliphatic rings. The van der Waals surface area contributed by atoms with Crippen LogP contribution in [-0.2, 0) is 60.7 Å². The first-order valence-corrected chi connectivity index (χ1v) is 22.3. The maximum Gasteiger partial charge on any atom is 0.673 e. The monoisotopic (exact) mass is 688 g/mol. The first-order valence-electron chi connectivity index (χ1n) is 14.1. The lowest BCUT2D eigenvalue weighted by Crippen LogP contribution is -2.71. The molecule has 21 heteroatoms. The average Bonchev–Trinajstić information content (AvgIpc) is 2.85. The summed E-state index contributed by atoms with van der Waals surface area (Å²) in [6, 6.07) is 0. The van der Waals surface area contributed by atoms with Crippen molar-refractivity contribution in [1.29, 1.82) is 0 Å². The molecule has 0 radical (unpaired) electrons. The molecule has 41 heavy (non-hydrogen) atoms. The van der Waals surface area contributed by atoms with Crippen LogP contribution in [0.4, 0.5) is 0 Å². The van der Waals surface area contributed by atoms with Gasteiger partial charge in [0.2, 0.25) is 0 Å². The van der Waals surface area contributed by atoms with Gasteiger partial charge in [-0.2, -0.15) is 0 Å². The van der Waals surface area contributed by atoms with Gasteiger partial charge in [0, 0.05) is 66.1 Å². The van der Waals surface area contributed by atoms with E-state index >= 15 is 0 Å². The summed E-state index contributed by atoms with van der Waals surface area (Å²) in [7, 11) is -22.2. The third-order valence-electron chi connectivity index (χ3n) is 4.23. The Labute approximate surface area is 250 Å². The van der Waals surface area contributed by atoms with Crippen LogP contribution in [0, 0.1) is 0 Å². The highest BCUT2D eigenvalue weighted by Crippen LogP contribution is 2.31. The molecule has 0 atom stereocenters. The van der Waals surface area contributed by atoms with Gasteiger partial charge in [0.15, 0.2) is 0 Å². The second-order valence-corrected chi connectivity index (χ2v) is 18.5. The van der Waals surface area contributed by atoms with Crippen LogP contribution in [0.3, 0.4) is 0 Å². The Balaban J connectivity index is 7.10. The zero-order chi connectivity index (χ0) is 31.5. The van der Waals surface area contributed by atoms with Crippen LogP contribution in [-0.4, -0.2) is 121 Å². The molecule has 0 saturated heterocycles. The highest BCUT2D eigenvalue weighted by Gasteiger charge is 2.70. The number of rotatable bonds is 28. The predicted octanol–water partition coefficient (Wildman–Crippen LogP) is 1.58. The standard InChI is InChI=1S/C20H52O16Si5/c1-11-23-37(21,22)33-39(27-15-5,28-16-6)35-41(31-19-9,32-20-10)36-40(29-17-7,30-18-8)34-38(24-12-2,25-13-3)26-14-4/h21-22H,11-20H2,1-10H3. The zero-order valence-corrected chi connectivity index (χ0v) is 31.2. The molecule has 248 valence electrons. The number of hydrogen-bond acceptors (Lipinski definition) is 16. The normalized spacial score (nSPS) is 13.8. The summed E-state index contributed by atoms with van der Waals surface area (Å²) < 4.78 is 83.0. The van der Waals surface area contributed by atoms with Gasteiger partial charge in [0.05, 0.1) is 0 Å². The van der Waals surface area contributed by atoms with Crippen molar-refractivity contribution in [3.8, 4) is 0 Å². The first kappa shape index (κ1) is 41.4. The van der Waals surface area contributed by atoms with Crippen LogP contribution in [0.2, 0.25) is 0 Å². The lowest BCUT2D eigenvalue weighted by molar-refractivity contribution is -0.0840. The van der Waals surface area contributed by atoms with Gasteiger partial charge in [-0.15, -0.1) is 0 Å². The Morgan fingerprint density at radius 3 is 0.732 bits per heavy atom. The SMILES string of the molecule is CCO[Si](O)(O)O[Si](OCC)(OCC)O[Si](OCC)(OCC)O[Si](OCC)(OCC)O[Si](OCC)(OCC)OCC. The fourth-order valence-electron chi connectivity index (χ4n) is 3.19. The first-order chi connectivity index (χ1) is 19.4. The Bertz CT molecular complexity index is 632.